The van der Waals surface area contributed by atoms with Crippen molar-refractivity contribution in [2.24, 2.45) is 0 Å². The molecule has 0 spiro atoms. The largest absolute Gasteiger partial charge is 0.361 e. The number of aryl methyl sites for hydroxylation is 2. The van der Waals surface area contributed by atoms with E-state index in [1.54, 1.807) is 11.8 Å². The number of rotatable bonds is 8. The van der Waals surface area contributed by atoms with Gasteiger partial charge in [0.2, 0.25) is 0 Å². The molecule has 0 saturated carbocycles. The van der Waals surface area contributed by atoms with Crippen LogP contribution < -0.4 is 15.5 Å². The Bertz CT molecular complexity index is 1190. The normalized spacial score (nSPS) is 13.9. The number of piperazine rings is 1. The average molecular weight is 526 g/mol. The molecule has 1 saturated heterocycles. The summed E-state index contributed by atoms with van der Waals surface area (Å²) in [5, 5.41) is 10.8. The van der Waals surface area contributed by atoms with Gasteiger partial charge in [0.15, 0.2) is 5.82 Å². The van der Waals surface area contributed by atoms with Crippen molar-refractivity contribution in [1.29, 1.82) is 0 Å². The maximum atomic E-state index is 5.52. The highest BCUT2D eigenvalue weighted by atomic mass is 32.2. The topological polar surface area (TPSA) is 82.3 Å². The van der Waals surface area contributed by atoms with Gasteiger partial charge in [0, 0.05) is 56.9 Å². The first kappa shape index (κ1) is 26.5. The van der Waals surface area contributed by atoms with Gasteiger partial charge in [-0.1, -0.05) is 35.6 Å². The summed E-state index contributed by atoms with van der Waals surface area (Å²) in [5.74, 6) is 2.44. The molecule has 0 amide bonds. The van der Waals surface area contributed by atoms with Gasteiger partial charge >= 0.3 is 0 Å². The molecule has 0 bridgehead atoms. The van der Waals surface area contributed by atoms with Gasteiger partial charge in [0.1, 0.15) is 15.9 Å². The third kappa shape index (κ3) is 5.88. The highest BCUT2D eigenvalue weighted by molar-refractivity contribution is 8.22. The molecule has 1 aromatic carbocycles. The Morgan fingerprint density at radius 1 is 1.11 bits per heavy atom. The van der Waals surface area contributed by atoms with E-state index < -0.39 is 0 Å². The monoisotopic (exact) mass is 525 g/mol. The van der Waals surface area contributed by atoms with E-state index in [1.807, 2.05) is 27.2 Å². The lowest BCUT2D eigenvalue weighted by molar-refractivity contribution is 0.393. The van der Waals surface area contributed by atoms with E-state index in [2.05, 4.69) is 56.8 Å². The van der Waals surface area contributed by atoms with Crippen LogP contribution in [0.3, 0.4) is 0 Å². The van der Waals surface area contributed by atoms with Crippen molar-refractivity contribution < 1.29 is 4.52 Å². The molecule has 0 atom stereocenters. The number of hydrogen-bond donors (Lipinski definition) is 2. The van der Waals surface area contributed by atoms with Crippen LogP contribution >= 0.6 is 24.0 Å². The average Bonchev–Trinajstić information content (AvgIpc) is 3.24. The van der Waals surface area contributed by atoms with Crippen molar-refractivity contribution in [3.63, 3.8) is 0 Å². The van der Waals surface area contributed by atoms with Crippen LogP contribution in [-0.4, -0.2) is 76.9 Å². The lowest BCUT2D eigenvalue weighted by atomic mass is 10.0. The van der Waals surface area contributed by atoms with E-state index in [4.69, 9.17) is 26.7 Å². The molecule has 1 aliphatic rings. The molecule has 3 heterocycles. The predicted molar refractivity (Wildman–Crippen MR) is 153 cm³/mol. The standard InChI is InChI=1S/C26H35N7OS2/c1-17-23(22-18(2)31-34-19(22)3)29-24(21-8-6-7-20(15-21)16-28-10-9-27-4)30-25(17)32-11-13-33(14-12-32)26(35)36-5/h6-8,15,27-28H,9-14,16H2,1-5H3. The zero-order chi connectivity index (χ0) is 25.7. The van der Waals surface area contributed by atoms with Crippen molar-refractivity contribution in [3.8, 4) is 22.6 Å². The van der Waals surface area contributed by atoms with Crippen LogP contribution in [0.15, 0.2) is 28.8 Å². The van der Waals surface area contributed by atoms with Gasteiger partial charge < -0.3 is 25.0 Å². The quantitative estimate of drug-likeness (QED) is 0.335. The van der Waals surface area contributed by atoms with E-state index in [0.717, 1.165) is 89.8 Å². The third-order valence-electron chi connectivity index (χ3n) is 6.47. The molecule has 4 rings (SSSR count). The molecule has 3 aromatic rings. The Kier molecular flexibility index (Phi) is 8.95. The van der Waals surface area contributed by atoms with Gasteiger partial charge in [-0.25, -0.2) is 9.97 Å². The van der Waals surface area contributed by atoms with Gasteiger partial charge in [-0.15, -0.1) is 11.8 Å². The van der Waals surface area contributed by atoms with E-state index in [9.17, 15) is 0 Å². The number of benzene rings is 1. The van der Waals surface area contributed by atoms with E-state index in [-0.39, 0.29) is 0 Å². The van der Waals surface area contributed by atoms with Crippen molar-refractivity contribution >= 4 is 34.1 Å². The molecule has 8 nitrogen and oxygen atoms in total. The minimum atomic E-state index is 0.713. The zero-order valence-electron chi connectivity index (χ0n) is 21.7. The van der Waals surface area contributed by atoms with Gasteiger partial charge in [0.05, 0.1) is 17.0 Å². The summed E-state index contributed by atoms with van der Waals surface area (Å²) < 4.78 is 6.46. The summed E-state index contributed by atoms with van der Waals surface area (Å²) in [6.45, 7) is 12.1. The predicted octanol–water partition coefficient (Wildman–Crippen LogP) is 3.80. The Balaban J connectivity index is 1.72. The first-order valence-electron chi connectivity index (χ1n) is 12.3. The second kappa shape index (κ2) is 12.1. The maximum Gasteiger partial charge on any atom is 0.162 e. The molecule has 0 aliphatic carbocycles. The minimum absolute atomic E-state index is 0.713. The molecule has 0 radical (unpaired) electrons. The molecule has 0 unspecified atom stereocenters. The van der Waals surface area contributed by atoms with Crippen LogP contribution in [0.5, 0.6) is 0 Å². The smallest absolute Gasteiger partial charge is 0.162 e. The molecule has 2 aromatic heterocycles. The van der Waals surface area contributed by atoms with E-state index >= 15 is 0 Å². The molecule has 10 heteroatoms. The maximum absolute atomic E-state index is 5.52. The van der Waals surface area contributed by atoms with E-state index in [0.29, 0.717) is 5.82 Å². The second-order valence-corrected chi connectivity index (χ2v) is 10.4. The summed E-state index contributed by atoms with van der Waals surface area (Å²) in [5.41, 5.74) is 5.91. The van der Waals surface area contributed by atoms with Crippen molar-refractivity contribution in [3.05, 3.63) is 46.8 Å². The molecular formula is C26H35N7OS2. The van der Waals surface area contributed by atoms with Crippen molar-refractivity contribution in [2.45, 2.75) is 27.3 Å². The van der Waals surface area contributed by atoms with E-state index in [1.165, 1.54) is 5.56 Å². The molecular weight excluding hydrogens is 490 g/mol. The minimum Gasteiger partial charge on any atom is -0.361 e. The Morgan fingerprint density at radius 2 is 1.89 bits per heavy atom. The fraction of sp³-hybridized carbons (Fsp3) is 0.462. The molecule has 36 heavy (non-hydrogen) atoms. The number of anilines is 1. The fourth-order valence-corrected chi connectivity index (χ4v) is 5.13. The number of hydrogen-bond acceptors (Lipinski definition) is 9. The molecule has 1 fully saturated rings. The number of aromatic nitrogens is 3. The SMILES string of the molecule is CNCCNCc1cccc(-c2nc(-c3c(C)noc3C)c(C)c(N3CCN(C(=S)SC)CC3)n2)c1. The van der Waals surface area contributed by atoms with Gasteiger partial charge in [-0.3, -0.25) is 0 Å². The summed E-state index contributed by atoms with van der Waals surface area (Å²) >= 11 is 7.15. The number of nitrogens with zero attached hydrogens (tertiary/aromatic N) is 5. The lowest BCUT2D eigenvalue weighted by Crippen LogP contribution is -2.48. The highest BCUT2D eigenvalue weighted by Crippen LogP contribution is 2.35. The van der Waals surface area contributed by atoms with Crippen LogP contribution in [0, 0.1) is 20.8 Å². The van der Waals surface area contributed by atoms with Crippen LogP contribution in [0.25, 0.3) is 22.6 Å². The molecule has 192 valence electrons. The van der Waals surface area contributed by atoms with Crippen LogP contribution in [-0.2, 0) is 6.54 Å². The summed E-state index contributed by atoms with van der Waals surface area (Å²) in [6, 6.07) is 8.46. The van der Waals surface area contributed by atoms with Crippen molar-refractivity contribution in [1.82, 2.24) is 30.7 Å². The Hall–Kier alpha value is -2.53. The highest BCUT2D eigenvalue weighted by Gasteiger charge is 2.25. The van der Waals surface area contributed by atoms with Crippen LogP contribution in [0.4, 0.5) is 5.82 Å². The third-order valence-corrected chi connectivity index (χ3v) is 7.83. The van der Waals surface area contributed by atoms with Crippen LogP contribution in [0.1, 0.15) is 22.6 Å². The second-order valence-electron chi connectivity index (χ2n) is 8.97. The summed E-state index contributed by atoms with van der Waals surface area (Å²) in [4.78, 5) is 14.8. The first-order valence-corrected chi connectivity index (χ1v) is 13.9. The molecule has 2 N–H and O–H groups in total. The summed E-state index contributed by atoms with van der Waals surface area (Å²) in [7, 11) is 1.96. The first-order chi connectivity index (χ1) is 17.4. The fourth-order valence-electron chi connectivity index (χ4n) is 4.50. The Morgan fingerprint density at radius 3 is 2.56 bits per heavy atom. The number of likely N-dealkylation sites (N-methyl/N-ethyl adjacent to an activating group) is 1. The van der Waals surface area contributed by atoms with Gasteiger partial charge in [-0.2, -0.15) is 0 Å². The van der Waals surface area contributed by atoms with Gasteiger partial charge in [0.25, 0.3) is 0 Å². The van der Waals surface area contributed by atoms with Gasteiger partial charge in [-0.05, 0) is 45.7 Å². The number of thiocarbonyl (C=S) groups is 1. The molecule has 1 aliphatic heterocycles. The summed E-state index contributed by atoms with van der Waals surface area (Å²) in [6.07, 6.45) is 2.04. The number of thioether (sulfide) groups is 1. The number of nitrogens with one attached hydrogen (secondary N) is 2. The zero-order valence-corrected chi connectivity index (χ0v) is 23.4. The lowest BCUT2D eigenvalue weighted by Gasteiger charge is -2.37. The Labute approximate surface area is 223 Å². The van der Waals surface area contributed by atoms with Crippen LogP contribution in [0.2, 0.25) is 0 Å². The van der Waals surface area contributed by atoms with Crippen molar-refractivity contribution in [2.75, 3.05) is 57.5 Å².